The van der Waals surface area contributed by atoms with Crippen molar-refractivity contribution < 1.29 is 43.3 Å². The number of allylic oxidation sites excluding steroid dienone is 4. The van der Waals surface area contributed by atoms with Crippen LogP contribution in [0.1, 0.15) is 53.4 Å². The lowest BCUT2D eigenvalue weighted by molar-refractivity contribution is -0.224. The number of Topliss-reactive ketones (excluding diaryl/α,β-unsaturated/α-hetero) is 1. The predicted molar refractivity (Wildman–Crippen MR) is 116 cm³/mol. The van der Waals surface area contributed by atoms with Gasteiger partial charge in [-0.3, -0.25) is 19.2 Å². The van der Waals surface area contributed by atoms with Gasteiger partial charge in [0.1, 0.15) is 6.10 Å². The Bertz CT molecular complexity index is 1020. The van der Waals surface area contributed by atoms with Crippen LogP contribution in [0.5, 0.6) is 0 Å². The van der Waals surface area contributed by atoms with Crippen molar-refractivity contribution in [2.24, 2.45) is 22.7 Å². The van der Waals surface area contributed by atoms with Gasteiger partial charge in [0.05, 0.1) is 6.10 Å². The van der Waals surface area contributed by atoms with Gasteiger partial charge in [-0.25, -0.2) is 4.39 Å². The number of aliphatic hydroxyl groups is 2. The lowest BCUT2D eigenvalue weighted by Gasteiger charge is -2.62. The second kappa shape index (κ2) is 7.81. The zero-order valence-electron chi connectivity index (χ0n) is 19.8. The van der Waals surface area contributed by atoms with E-state index < -0.39 is 70.5 Å². The molecule has 0 unspecified atom stereocenters. The SMILES string of the molecule is CC(=O)OCC(=O)[C@]1(O)[C@H](OC(C)=O)C[C@H]2[C@@H]3CCC4=CC(=O)C=C[C@@]4(C)[C@]3(F)[C@@H](O)C[C@]21C. The minimum absolute atomic E-state index is 0.0131. The van der Waals surface area contributed by atoms with E-state index in [9.17, 15) is 29.4 Å². The lowest BCUT2D eigenvalue weighted by atomic mass is 9.44. The van der Waals surface area contributed by atoms with Crippen LogP contribution in [0, 0.1) is 22.7 Å². The molecule has 9 heteroatoms. The van der Waals surface area contributed by atoms with Crippen molar-refractivity contribution in [2.75, 3.05) is 6.61 Å². The number of rotatable bonds is 4. The smallest absolute Gasteiger partial charge is 0.303 e. The topological polar surface area (TPSA) is 127 Å². The maximum absolute atomic E-state index is 17.2. The molecule has 8 nitrogen and oxygen atoms in total. The van der Waals surface area contributed by atoms with Crippen LogP contribution in [-0.4, -0.2) is 63.8 Å². The Balaban J connectivity index is 1.80. The minimum Gasteiger partial charge on any atom is -0.459 e. The summed E-state index contributed by atoms with van der Waals surface area (Å²) in [6.45, 7) is 4.80. The monoisotopic (exact) mass is 478 g/mol. The van der Waals surface area contributed by atoms with E-state index in [1.807, 2.05) is 0 Å². The van der Waals surface area contributed by atoms with Gasteiger partial charge in [-0.1, -0.05) is 18.6 Å². The fourth-order valence-corrected chi connectivity index (χ4v) is 7.31. The Morgan fingerprint density at radius 2 is 1.85 bits per heavy atom. The van der Waals surface area contributed by atoms with Crippen LogP contribution in [0.15, 0.2) is 23.8 Å². The zero-order valence-corrected chi connectivity index (χ0v) is 19.8. The summed E-state index contributed by atoms with van der Waals surface area (Å²) in [5.74, 6) is -3.93. The predicted octanol–water partition coefficient (Wildman–Crippen LogP) is 1.76. The van der Waals surface area contributed by atoms with Crippen molar-refractivity contribution in [2.45, 2.75) is 76.9 Å². The third-order valence-electron chi connectivity index (χ3n) is 8.98. The fourth-order valence-electron chi connectivity index (χ4n) is 7.31. The van der Waals surface area contributed by atoms with Gasteiger partial charge in [-0.2, -0.15) is 0 Å². The third-order valence-corrected chi connectivity index (χ3v) is 8.98. The molecule has 0 aromatic rings. The number of hydrogen-bond acceptors (Lipinski definition) is 8. The molecule has 4 rings (SSSR count). The minimum atomic E-state index is -2.28. The number of ether oxygens (including phenoxy) is 2. The van der Waals surface area contributed by atoms with Crippen molar-refractivity contribution in [1.82, 2.24) is 0 Å². The van der Waals surface area contributed by atoms with Crippen LogP contribution in [0.2, 0.25) is 0 Å². The standard InChI is InChI=1S/C25H31FO8/c1-13(27)33-12-20(31)25(32)21(34-14(2)28)10-18-17-6-5-15-9-16(29)7-8-22(15,3)24(17,26)19(30)11-23(18,25)4/h7-9,17-19,21,30,32H,5-6,10-12H2,1-4H3/t17-,18-,19-,21+,22+,23+,24+,25-/m0/s1. The maximum atomic E-state index is 17.2. The first-order valence-corrected chi connectivity index (χ1v) is 11.6. The Kier molecular flexibility index (Phi) is 5.68. The maximum Gasteiger partial charge on any atom is 0.303 e. The van der Waals surface area contributed by atoms with E-state index in [1.54, 1.807) is 13.8 Å². The van der Waals surface area contributed by atoms with Crippen molar-refractivity contribution in [3.63, 3.8) is 0 Å². The van der Waals surface area contributed by atoms with E-state index in [-0.39, 0.29) is 25.0 Å². The summed E-state index contributed by atoms with van der Waals surface area (Å²) in [7, 11) is 0. The molecule has 2 N–H and O–H groups in total. The van der Waals surface area contributed by atoms with Crippen LogP contribution in [-0.2, 0) is 28.7 Å². The van der Waals surface area contributed by atoms with Gasteiger partial charge in [-0.15, -0.1) is 0 Å². The normalized spacial score (nSPS) is 44.9. The second-order valence-electron chi connectivity index (χ2n) is 10.6. The Morgan fingerprint density at radius 1 is 1.18 bits per heavy atom. The number of esters is 2. The van der Waals surface area contributed by atoms with Crippen molar-refractivity contribution in [1.29, 1.82) is 0 Å². The van der Waals surface area contributed by atoms with Crippen LogP contribution in [0.3, 0.4) is 0 Å². The Labute approximate surface area is 197 Å². The molecule has 3 saturated carbocycles. The van der Waals surface area contributed by atoms with E-state index >= 15 is 4.39 Å². The molecule has 0 amide bonds. The number of hydrogen-bond donors (Lipinski definition) is 2. The second-order valence-corrected chi connectivity index (χ2v) is 10.6. The molecule has 3 fully saturated rings. The van der Waals surface area contributed by atoms with Gasteiger partial charge >= 0.3 is 11.9 Å². The molecule has 0 saturated heterocycles. The van der Waals surface area contributed by atoms with Gasteiger partial charge in [0.2, 0.25) is 5.78 Å². The molecule has 0 bridgehead atoms. The van der Waals surface area contributed by atoms with Crippen LogP contribution in [0.4, 0.5) is 4.39 Å². The highest BCUT2D eigenvalue weighted by Crippen LogP contribution is 2.70. The highest BCUT2D eigenvalue weighted by molar-refractivity contribution is 6.01. The molecule has 0 aromatic heterocycles. The highest BCUT2D eigenvalue weighted by Gasteiger charge is 2.77. The molecular formula is C25H31FO8. The highest BCUT2D eigenvalue weighted by atomic mass is 19.1. The Morgan fingerprint density at radius 3 is 2.47 bits per heavy atom. The van der Waals surface area contributed by atoms with Gasteiger partial charge in [0.25, 0.3) is 0 Å². The van der Waals surface area contributed by atoms with E-state index in [2.05, 4.69) is 0 Å². The summed E-state index contributed by atoms with van der Waals surface area (Å²) in [6.07, 6.45) is 1.82. The van der Waals surface area contributed by atoms with Gasteiger partial charge < -0.3 is 19.7 Å². The number of fused-ring (bicyclic) bond motifs is 5. The van der Waals surface area contributed by atoms with Gasteiger partial charge in [-0.05, 0) is 50.7 Å². The molecular weight excluding hydrogens is 447 g/mol. The lowest BCUT2D eigenvalue weighted by Crippen LogP contribution is -2.70. The summed E-state index contributed by atoms with van der Waals surface area (Å²) in [6, 6.07) is 0. The summed E-state index contributed by atoms with van der Waals surface area (Å²) in [4.78, 5) is 48.4. The zero-order chi connectivity index (χ0) is 25.3. The van der Waals surface area contributed by atoms with E-state index in [1.165, 1.54) is 18.2 Å². The van der Waals surface area contributed by atoms with Gasteiger partial charge in [0, 0.05) is 30.6 Å². The molecule has 4 aliphatic carbocycles. The number of aliphatic hydroxyl groups excluding tert-OH is 1. The summed E-state index contributed by atoms with van der Waals surface area (Å²) in [5, 5.41) is 23.1. The average molecular weight is 479 g/mol. The number of ketones is 2. The molecule has 0 spiro atoms. The van der Waals surface area contributed by atoms with Crippen molar-refractivity contribution in [3.05, 3.63) is 23.8 Å². The average Bonchev–Trinajstić information content (AvgIpc) is 2.95. The number of carbonyl (C=O) groups excluding carboxylic acids is 4. The van der Waals surface area contributed by atoms with Gasteiger partial charge in [0.15, 0.2) is 23.7 Å². The molecule has 4 aliphatic rings. The number of carbonyl (C=O) groups is 4. The molecule has 0 heterocycles. The molecule has 0 aromatic carbocycles. The quantitative estimate of drug-likeness (QED) is 0.586. The molecule has 8 atom stereocenters. The summed E-state index contributed by atoms with van der Waals surface area (Å²) >= 11 is 0. The van der Waals surface area contributed by atoms with Crippen LogP contribution >= 0.6 is 0 Å². The third kappa shape index (κ3) is 3.09. The van der Waals surface area contributed by atoms with Crippen LogP contribution in [0.25, 0.3) is 0 Å². The Hall–Kier alpha value is -2.39. The molecule has 0 radical (unpaired) electrons. The van der Waals surface area contributed by atoms with Crippen molar-refractivity contribution in [3.8, 4) is 0 Å². The first kappa shape index (κ1) is 24.7. The molecule has 0 aliphatic heterocycles. The first-order chi connectivity index (χ1) is 15.7. The number of halogens is 1. The summed E-state index contributed by atoms with van der Waals surface area (Å²) < 4.78 is 27.4. The number of alkyl halides is 1. The van der Waals surface area contributed by atoms with Crippen LogP contribution < -0.4 is 0 Å². The molecule has 34 heavy (non-hydrogen) atoms. The fraction of sp³-hybridized carbons (Fsp3) is 0.680. The largest absolute Gasteiger partial charge is 0.459 e. The van der Waals surface area contributed by atoms with E-state index in [0.717, 1.165) is 13.8 Å². The molecule has 186 valence electrons. The first-order valence-electron chi connectivity index (χ1n) is 11.6. The van der Waals surface area contributed by atoms with E-state index in [4.69, 9.17) is 9.47 Å². The van der Waals surface area contributed by atoms with E-state index in [0.29, 0.717) is 12.0 Å². The van der Waals surface area contributed by atoms with Crippen molar-refractivity contribution >= 4 is 23.5 Å². The summed E-state index contributed by atoms with van der Waals surface area (Å²) in [5.41, 5.74) is -6.42.